The summed E-state index contributed by atoms with van der Waals surface area (Å²) in [5.74, 6) is 0.0812. The van der Waals surface area contributed by atoms with Crippen LogP contribution in [-0.4, -0.2) is 33.5 Å². The van der Waals surface area contributed by atoms with Crippen molar-refractivity contribution in [3.8, 4) is 0 Å². The first-order chi connectivity index (χ1) is 12.2. The van der Waals surface area contributed by atoms with E-state index in [4.69, 9.17) is 0 Å². The molecule has 2 aliphatic rings. The number of aromatic nitrogens is 1. The molecule has 1 unspecified atom stereocenters. The maximum atomic E-state index is 13.0. The summed E-state index contributed by atoms with van der Waals surface area (Å²) < 4.78 is 0. The summed E-state index contributed by atoms with van der Waals surface area (Å²) in [6, 6.07) is 15.5. The number of amides is 1. The van der Waals surface area contributed by atoms with Gasteiger partial charge in [-0.25, -0.2) is 0 Å². The van der Waals surface area contributed by atoms with E-state index in [1.807, 2.05) is 47.4 Å². The first-order valence-corrected chi connectivity index (χ1v) is 9.20. The number of pyridine rings is 1. The lowest BCUT2D eigenvalue weighted by molar-refractivity contribution is -0.110. The van der Waals surface area contributed by atoms with Gasteiger partial charge < -0.3 is 10.0 Å². The Balaban J connectivity index is 1.66. The highest BCUT2D eigenvalue weighted by atomic mass is 16.3. The molecule has 2 fully saturated rings. The molecule has 1 amide bonds. The van der Waals surface area contributed by atoms with Crippen LogP contribution in [0.25, 0.3) is 0 Å². The molecule has 4 nitrogen and oxygen atoms in total. The number of fused-ring (bicyclic) bond motifs is 1. The Kier molecular flexibility index (Phi) is 4.30. The number of rotatable bonds is 2. The van der Waals surface area contributed by atoms with E-state index in [0.717, 1.165) is 31.2 Å². The number of nitrogens with zero attached hydrogens (tertiary/aromatic N) is 2. The predicted molar refractivity (Wildman–Crippen MR) is 96.0 cm³/mol. The maximum Gasteiger partial charge on any atom is 0.272 e. The van der Waals surface area contributed by atoms with Crippen molar-refractivity contribution in [2.45, 2.75) is 43.7 Å². The number of aliphatic hydroxyl groups is 1. The molecule has 130 valence electrons. The highest BCUT2D eigenvalue weighted by molar-refractivity contribution is 5.92. The van der Waals surface area contributed by atoms with E-state index in [-0.39, 0.29) is 17.9 Å². The molecule has 1 aromatic heterocycles. The number of hydrogen-bond donors (Lipinski definition) is 1. The molecule has 0 radical (unpaired) electrons. The van der Waals surface area contributed by atoms with E-state index in [2.05, 4.69) is 4.98 Å². The van der Waals surface area contributed by atoms with E-state index in [9.17, 15) is 9.90 Å². The van der Waals surface area contributed by atoms with Crippen molar-refractivity contribution in [1.82, 2.24) is 9.88 Å². The van der Waals surface area contributed by atoms with E-state index in [1.54, 1.807) is 12.3 Å². The molecule has 4 rings (SSSR count). The molecule has 1 aliphatic heterocycles. The Morgan fingerprint density at radius 2 is 1.84 bits per heavy atom. The van der Waals surface area contributed by atoms with E-state index >= 15 is 0 Å². The van der Waals surface area contributed by atoms with Crippen molar-refractivity contribution >= 4 is 5.91 Å². The third-order valence-corrected chi connectivity index (χ3v) is 5.90. The Morgan fingerprint density at radius 1 is 1.08 bits per heavy atom. The van der Waals surface area contributed by atoms with Crippen molar-refractivity contribution in [2.75, 3.05) is 6.54 Å². The van der Waals surface area contributed by atoms with Gasteiger partial charge in [0.1, 0.15) is 5.69 Å². The molecule has 1 saturated carbocycles. The van der Waals surface area contributed by atoms with Gasteiger partial charge in [-0.05, 0) is 37.0 Å². The summed E-state index contributed by atoms with van der Waals surface area (Å²) in [5.41, 5.74) is 0.640. The molecule has 2 heterocycles. The topological polar surface area (TPSA) is 53.4 Å². The number of piperidine rings is 1. The van der Waals surface area contributed by atoms with Crippen molar-refractivity contribution < 1.29 is 9.90 Å². The first-order valence-electron chi connectivity index (χ1n) is 9.20. The highest BCUT2D eigenvalue weighted by Gasteiger charge is 2.50. The minimum absolute atomic E-state index is 0.00684. The summed E-state index contributed by atoms with van der Waals surface area (Å²) in [7, 11) is 0. The summed E-state index contributed by atoms with van der Waals surface area (Å²) in [4.78, 5) is 19.2. The molecular weight excluding hydrogens is 312 g/mol. The Hall–Kier alpha value is -2.20. The fourth-order valence-corrected chi connectivity index (χ4v) is 4.66. The summed E-state index contributed by atoms with van der Waals surface area (Å²) in [5, 5.41) is 11.6. The SMILES string of the molecule is O=C(c1ccccn1)N1CCC(O)(c2ccccc2)[C@@H]2CCCC[C@@H]21. The van der Waals surface area contributed by atoms with Gasteiger partial charge in [0.05, 0.1) is 5.60 Å². The van der Waals surface area contributed by atoms with Crippen LogP contribution in [0.1, 0.15) is 48.2 Å². The van der Waals surface area contributed by atoms with Gasteiger partial charge in [0, 0.05) is 24.7 Å². The second-order valence-electron chi connectivity index (χ2n) is 7.21. The molecule has 1 aliphatic carbocycles. The van der Waals surface area contributed by atoms with Crippen molar-refractivity contribution in [3.05, 3.63) is 66.0 Å². The number of likely N-dealkylation sites (tertiary alicyclic amines) is 1. The van der Waals surface area contributed by atoms with Crippen LogP contribution in [0.3, 0.4) is 0 Å². The Morgan fingerprint density at radius 3 is 2.60 bits per heavy atom. The molecular formula is C21H24N2O2. The maximum absolute atomic E-state index is 13.0. The summed E-state index contributed by atoms with van der Waals surface area (Å²) in [6.45, 7) is 0.571. The number of hydrogen-bond acceptors (Lipinski definition) is 3. The van der Waals surface area contributed by atoms with Crippen LogP contribution in [0, 0.1) is 5.92 Å². The Bertz CT molecular complexity index is 734. The van der Waals surface area contributed by atoms with E-state index in [1.165, 1.54) is 0 Å². The van der Waals surface area contributed by atoms with Gasteiger partial charge >= 0.3 is 0 Å². The quantitative estimate of drug-likeness (QED) is 0.915. The van der Waals surface area contributed by atoms with Crippen molar-refractivity contribution in [3.63, 3.8) is 0 Å². The normalized spacial score (nSPS) is 29.1. The fourth-order valence-electron chi connectivity index (χ4n) is 4.66. The van der Waals surface area contributed by atoms with Crippen LogP contribution in [-0.2, 0) is 5.60 Å². The molecule has 25 heavy (non-hydrogen) atoms. The summed E-state index contributed by atoms with van der Waals surface area (Å²) >= 11 is 0. The third kappa shape index (κ3) is 2.85. The molecule has 0 bridgehead atoms. The standard InChI is InChI=1S/C21H24N2O2/c24-20(18-11-6-7-14-22-18)23-15-13-21(25,16-8-2-1-3-9-16)17-10-4-5-12-19(17)23/h1-3,6-9,11,14,17,19,25H,4-5,10,12-13,15H2/t17-,19+,21?/m1/s1. The van der Waals surface area contributed by atoms with Gasteiger partial charge in [0.25, 0.3) is 5.91 Å². The van der Waals surface area contributed by atoms with Gasteiger partial charge in [-0.2, -0.15) is 0 Å². The lowest BCUT2D eigenvalue weighted by Crippen LogP contribution is -2.59. The van der Waals surface area contributed by atoms with Crippen LogP contribution < -0.4 is 0 Å². The highest BCUT2D eigenvalue weighted by Crippen LogP contribution is 2.47. The van der Waals surface area contributed by atoms with Crippen LogP contribution in [0.5, 0.6) is 0 Å². The molecule has 1 N–H and O–H groups in total. The molecule has 1 aromatic carbocycles. The zero-order chi connectivity index (χ0) is 17.3. The summed E-state index contributed by atoms with van der Waals surface area (Å²) in [6.07, 6.45) is 6.38. The van der Waals surface area contributed by atoms with E-state index in [0.29, 0.717) is 18.7 Å². The zero-order valence-electron chi connectivity index (χ0n) is 14.3. The van der Waals surface area contributed by atoms with Gasteiger partial charge in [0.15, 0.2) is 0 Å². The fraction of sp³-hybridized carbons (Fsp3) is 0.429. The van der Waals surface area contributed by atoms with Crippen molar-refractivity contribution in [2.24, 2.45) is 5.92 Å². The van der Waals surface area contributed by atoms with Gasteiger partial charge in [0.2, 0.25) is 0 Å². The van der Waals surface area contributed by atoms with Gasteiger partial charge in [-0.15, -0.1) is 0 Å². The zero-order valence-corrected chi connectivity index (χ0v) is 14.3. The van der Waals surface area contributed by atoms with Crippen LogP contribution >= 0.6 is 0 Å². The lowest BCUT2D eigenvalue weighted by atomic mass is 9.66. The average Bonchev–Trinajstić information content (AvgIpc) is 2.69. The monoisotopic (exact) mass is 336 g/mol. The smallest absolute Gasteiger partial charge is 0.272 e. The second kappa shape index (κ2) is 6.60. The molecule has 4 heteroatoms. The molecule has 0 spiro atoms. The predicted octanol–water partition coefficient (Wildman–Crippen LogP) is 3.37. The van der Waals surface area contributed by atoms with Crippen molar-refractivity contribution in [1.29, 1.82) is 0 Å². The van der Waals surface area contributed by atoms with Crippen LogP contribution in [0.15, 0.2) is 54.7 Å². The average molecular weight is 336 g/mol. The lowest BCUT2D eigenvalue weighted by Gasteiger charge is -2.52. The number of carbonyl (C=O) groups excluding carboxylic acids is 1. The third-order valence-electron chi connectivity index (χ3n) is 5.90. The number of benzene rings is 1. The molecule has 3 atom stereocenters. The number of carbonyl (C=O) groups is 1. The second-order valence-corrected chi connectivity index (χ2v) is 7.21. The molecule has 1 saturated heterocycles. The first kappa shape index (κ1) is 16.3. The molecule has 2 aromatic rings. The van der Waals surface area contributed by atoms with E-state index < -0.39 is 5.60 Å². The Labute approximate surface area is 148 Å². The minimum Gasteiger partial charge on any atom is -0.385 e. The van der Waals surface area contributed by atoms with Gasteiger partial charge in [-0.3, -0.25) is 9.78 Å². The van der Waals surface area contributed by atoms with Crippen LogP contribution in [0.4, 0.5) is 0 Å². The van der Waals surface area contributed by atoms with Crippen LogP contribution in [0.2, 0.25) is 0 Å². The minimum atomic E-state index is -0.840. The largest absolute Gasteiger partial charge is 0.385 e. The van der Waals surface area contributed by atoms with Gasteiger partial charge in [-0.1, -0.05) is 49.2 Å².